The number of rotatable bonds is 10. The summed E-state index contributed by atoms with van der Waals surface area (Å²) in [5, 5.41) is 14.2. The Labute approximate surface area is 172 Å². The van der Waals surface area contributed by atoms with Crippen LogP contribution in [0, 0.1) is 6.92 Å². The number of benzene rings is 1. The zero-order valence-electron chi connectivity index (χ0n) is 17.1. The molecule has 1 aromatic heterocycles. The van der Waals surface area contributed by atoms with Crippen LogP contribution >= 0.6 is 12.2 Å². The third-order valence-electron chi connectivity index (χ3n) is 4.92. The predicted molar refractivity (Wildman–Crippen MR) is 120 cm³/mol. The number of H-pyrrole nitrogens is 1. The quantitative estimate of drug-likeness (QED) is 0.417. The zero-order valence-corrected chi connectivity index (χ0v) is 17.9. The van der Waals surface area contributed by atoms with Crippen LogP contribution in [0.3, 0.4) is 0 Å². The van der Waals surface area contributed by atoms with Crippen molar-refractivity contribution in [1.29, 1.82) is 0 Å². The van der Waals surface area contributed by atoms with E-state index in [1.807, 2.05) is 36.1 Å². The third-order valence-corrected chi connectivity index (χ3v) is 5.32. The van der Waals surface area contributed by atoms with Gasteiger partial charge in [-0.25, -0.2) is 0 Å². The first-order valence-corrected chi connectivity index (χ1v) is 10.4. The molecule has 0 spiro atoms. The van der Waals surface area contributed by atoms with Gasteiger partial charge in [0.2, 0.25) is 0 Å². The fourth-order valence-corrected chi connectivity index (χ4v) is 3.46. The molecule has 0 saturated carbocycles. The van der Waals surface area contributed by atoms with Gasteiger partial charge < -0.3 is 25.2 Å². The second kappa shape index (κ2) is 11.1. The lowest BCUT2D eigenvalue weighted by atomic mass is 10.1. The summed E-state index contributed by atoms with van der Waals surface area (Å²) in [6, 6.07) is 7.90. The van der Waals surface area contributed by atoms with Crippen LogP contribution in [0.5, 0.6) is 0 Å². The molecule has 2 rings (SSSR count). The average Bonchev–Trinajstić information content (AvgIpc) is 2.68. The minimum absolute atomic E-state index is 0.0219. The van der Waals surface area contributed by atoms with E-state index in [4.69, 9.17) is 12.2 Å². The van der Waals surface area contributed by atoms with Crippen molar-refractivity contribution in [3.63, 3.8) is 0 Å². The Morgan fingerprint density at radius 3 is 2.64 bits per heavy atom. The zero-order chi connectivity index (χ0) is 20.5. The summed E-state index contributed by atoms with van der Waals surface area (Å²) in [5.74, 6) is 0. The minimum Gasteiger partial charge on any atom is -0.395 e. The van der Waals surface area contributed by atoms with Gasteiger partial charge in [-0.05, 0) is 68.3 Å². The van der Waals surface area contributed by atoms with E-state index in [0.717, 1.165) is 49.1 Å². The largest absolute Gasteiger partial charge is 0.395 e. The van der Waals surface area contributed by atoms with Crippen molar-refractivity contribution < 1.29 is 5.11 Å². The summed E-state index contributed by atoms with van der Waals surface area (Å²) in [7, 11) is 0. The molecule has 0 radical (unpaired) electrons. The first-order chi connectivity index (χ1) is 13.5. The summed E-state index contributed by atoms with van der Waals surface area (Å²) in [5.41, 5.74) is 2.45. The number of hydrogen-bond donors (Lipinski definition) is 3. The number of pyridine rings is 1. The Balaban J connectivity index is 2.02. The van der Waals surface area contributed by atoms with Crippen LogP contribution in [0.25, 0.3) is 10.9 Å². The van der Waals surface area contributed by atoms with Gasteiger partial charge in [0.1, 0.15) is 0 Å². The van der Waals surface area contributed by atoms with Gasteiger partial charge in [0.05, 0.1) is 13.2 Å². The fourth-order valence-electron chi connectivity index (χ4n) is 3.21. The number of nitrogens with zero attached hydrogens (tertiary/aromatic N) is 2. The van der Waals surface area contributed by atoms with Gasteiger partial charge in [0, 0.05) is 24.2 Å². The van der Waals surface area contributed by atoms with Crippen molar-refractivity contribution in [2.45, 2.75) is 33.7 Å². The molecule has 0 unspecified atom stereocenters. The highest BCUT2D eigenvalue weighted by molar-refractivity contribution is 7.80. The summed E-state index contributed by atoms with van der Waals surface area (Å²) in [4.78, 5) is 19.7. The van der Waals surface area contributed by atoms with Crippen molar-refractivity contribution >= 4 is 28.2 Å². The molecule has 2 aromatic rings. The fraction of sp³-hybridized carbons (Fsp3) is 0.524. The molecular weight excluding hydrogens is 372 g/mol. The number of aliphatic hydroxyl groups excluding tert-OH is 1. The summed E-state index contributed by atoms with van der Waals surface area (Å²) in [6.07, 6.45) is 0.991. The molecule has 154 valence electrons. The van der Waals surface area contributed by atoms with E-state index in [-0.39, 0.29) is 12.2 Å². The highest BCUT2D eigenvalue weighted by atomic mass is 32.1. The van der Waals surface area contributed by atoms with Crippen molar-refractivity contribution in [1.82, 2.24) is 20.1 Å². The maximum atomic E-state index is 12.5. The molecular formula is C21H32N4O2S. The normalized spacial score (nSPS) is 11.2. The van der Waals surface area contributed by atoms with Gasteiger partial charge in [0.15, 0.2) is 5.11 Å². The Hall–Kier alpha value is -1.96. The van der Waals surface area contributed by atoms with Crippen LogP contribution < -0.4 is 10.9 Å². The monoisotopic (exact) mass is 404 g/mol. The molecule has 1 aromatic carbocycles. The van der Waals surface area contributed by atoms with Gasteiger partial charge in [0.25, 0.3) is 5.56 Å². The maximum Gasteiger partial charge on any atom is 0.253 e. The number of fused-ring (bicyclic) bond motifs is 1. The van der Waals surface area contributed by atoms with Gasteiger partial charge in [-0.2, -0.15) is 0 Å². The number of aryl methyl sites for hydroxylation is 1. The second-order valence-corrected chi connectivity index (χ2v) is 7.36. The van der Waals surface area contributed by atoms with E-state index in [9.17, 15) is 9.90 Å². The smallest absolute Gasteiger partial charge is 0.253 e. The number of hydrogen-bond acceptors (Lipinski definition) is 4. The molecule has 28 heavy (non-hydrogen) atoms. The lowest BCUT2D eigenvalue weighted by Crippen LogP contribution is -2.42. The van der Waals surface area contributed by atoms with Crippen molar-refractivity contribution in [3.05, 3.63) is 45.7 Å². The molecule has 7 heteroatoms. The Kier molecular flexibility index (Phi) is 8.89. The SMILES string of the molecule is CCN(CC)CCCNC(=S)N(CCO)Cc1cc2ccc(C)cc2[nH]c1=O. The topological polar surface area (TPSA) is 71.6 Å². The van der Waals surface area contributed by atoms with Crippen LogP contribution in [0.1, 0.15) is 31.4 Å². The summed E-state index contributed by atoms with van der Waals surface area (Å²) in [6.45, 7) is 10.9. The van der Waals surface area contributed by atoms with Crippen molar-refractivity contribution in [2.75, 3.05) is 39.3 Å². The van der Waals surface area contributed by atoms with Crippen LogP contribution in [-0.2, 0) is 6.54 Å². The molecule has 6 nitrogen and oxygen atoms in total. The van der Waals surface area contributed by atoms with Gasteiger partial charge in [-0.1, -0.05) is 26.0 Å². The maximum absolute atomic E-state index is 12.5. The Morgan fingerprint density at radius 2 is 1.96 bits per heavy atom. The van der Waals surface area contributed by atoms with E-state index in [2.05, 4.69) is 29.0 Å². The first kappa shape index (κ1) is 22.3. The van der Waals surface area contributed by atoms with E-state index in [1.165, 1.54) is 0 Å². The van der Waals surface area contributed by atoms with Gasteiger partial charge in [-0.15, -0.1) is 0 Å². The molecule has 0 fully saturated rings. The molecule has 0 aliphatic carbocycles. The lowest BCUT2D eigenvalue weighted by molar-refractivity contribution is 0.244. The summed E-state index contributed by atoms with van der Waals surface area (Å²) < 4.78 is 0. The lowest BCUT2D eigenvalue weighted by Gasteiger charge is -2.25. The average molecular weight is 405 g/mol. The van der Waals surface area contributed by atoms with Gasteiger partial charge >= 0.3 is 0 Å². The van der Waals surface area contributed by atoms with E-state index in [1.54, 1.807) is 0 Å². The molecule has 0 bridgehead atoms. The number of aromatic nitrogens is 1. The number of nitrogens with one attached hydrogen (secondary N) is 2. The van der Waals surface area contributed by atoms with Crippen LogP contribution in [0.4, 0.5) is 0 Å². The van der Waals surface area contributed by atoms with Crippen molar-refractivity contribution in [3.8, 4) is 0 Å². The first-order valence-electron chi connectivity index (χ1n) is 9.97. The highest BCUT2D eigenvalue weighted by Crippen LogP contribution is 2.14. The number of aliphatic hydroxyl groups is 1. The standard InChI is InChI=1S/C21H32N4O2S/c1-4-24(5-2)10-6-9-22-21(28)25(11-12-26)15-18-14-17-8-7-16(3)13-19(17)23-20(18)27/h7-8,13-14,26H,4-6,9-12,15H2,1-3H3,(H,22,28)(H,23,27). The molecule has 0 atom stereocenters. The molecule has 3 N–H and O–H groups in total. The Bertz CT molecular complexity index is 833. The number of thiocarbonyl (C=S) groups is 1. The molecule has 0 aliphatic heterocycles. The second-order valence-electron chi connectivity index (χ2n) is 6.97. The van der Waals surface area contributed by atoms with E-state index in [0.29, 0.717) is 23.8 Å². The predicted octanol–water partition coefficient (Wildman–Crippen LogP) is 2.24. The van der Waals surface area contributed by atoms with Gasteiger partial charge in [-0.3, -0.25) is 4.79 Å². The van der Waals surface area contributed by atoms with Crippen LogP contribution in [-0.4, -0.2) is 64.3 Å². The molecule has 0 saturated heterocycles. The molecule has 0 aliphatic rings. The van der Waals surface area contributed by atoms with Crippen LogP contribution in [0.2, 0.25) is 0 Å². The molecule has 0 amide bonds. The minimum atomic E-state index is -0.120. The number of aromatic amines is 1. The summed E-state index contributed by atoms with van der Waals surface area (Å²) >= 11 is 5.51. The van der Waals surface area contributed by atoms with E-state index >= 15 is 0 Å². The molecule has 1 heterocycles. The van der Waals surface area contributed by atoms with Crippen LogP contribution in [0.15, 0.2) is 29.1 Å². The highest BCUT2D eigenvalue weighted by Gasteiger charge is 2.13. The third kappa shape index (κ3) is 6.29. The Morgan fingerprint density at radius 1 is 1.21 bits per heavy atom. The van der Waals surface area contributed by atoms with E-state index < -0.39 is 0 Å². The van der Waals surface area contributed by atoms with Crippen molar-refractivity contribution in [2.24, 2.45) is 0 Å².